The quantitative estimate of drug-likeness (QED) is 0.299. The second kappa shape index (κ2) is 9.45. The molecule has 4 aromatic rings. The number of aliphatic hydroxyl groups is 1. The molecule has 4 rings (SSSR count). The van der Waals surface area contributed by atoms with Crippen molar-refractivity contribution < 1.29 is 19.8 Å². The fourth-order valence-corrected chi connectivity index (χ4v) is 3.67. The van der Waals surface area contributed by atoms with Crippen LogP contribution in [0.5, 0.6) is 0 Å². The maximum absolute atomic E-state index is 12.2. The van der Waals surface area contributed by atoms with Crippen molar-refractivity contribution in [1.29, 1.82) is 0 Å². The van der Waals surface area contributed by atoms with Crippen LogP contribution in [0.1, 0.15) is 24.8 Å². The van der Waals surface area contributed by atoms with Crippen LogP contribution in [0.4, 0.5) is 17.1 Å². The molecule has 0 unspecified atom stereocenters. The number of fused-ring (bicyclic) bond motifs is 2. The van der Waals surface area contributed by atoms with E-state index in [2.05, 4.69) is 10.6 Å². The van der Waals surface area contributed by atoms with Gasteiger partial charge in [-0.1, -0.05) is 36.4 Å². The van der Waals surface area contributed by atoms with Crippen LogP contribution >= 0.6 is 0 Å². The van der Waals surface area contributed by atoms with Gasteiger partial charge >= 0.3 is 5.97 Å². The van der Waals surface area contributed by atoms with Gasteiger partial charge < -0.3 is 20.8 Å². The number of rotatable bonds is 8. The maximum atomic E-state index is 12.2. The van der Waals surface area contributed by atoms with Crippen molar-refractivity contribution in [3.63, 3.8) is 0 Å². The van der Waals surface area contributed by atoms with E-state index >= 15 is 0 Å². The number of nitrogens with zero attached hydrogens (tertiary/aromatic N) is 1. The SMILES string of the molecule is O=C(O)CCCC(=O)Nc1cc(CO)cc(Nc2c3ccccc3nc3ccccc23)c1. The molecule has 1 aromatic heterocycles. The molecule has 0 aliphatic heterocycles. The predicted molar refractivity (Wildman–Crippen MR) is 125 cm³/mol. The first kappa shape index (κ1) is 21.3. The number of carboxylic acid groups (broad SMARTS) is 1. The Bertz CT molecular complexity index is 1250. The molecule has 0 aliphatic rings. The van der Waals surface area contributed by atoms with E-state index in [4.69, 9.17) is 10.1 Å². The summed E-state index contributed by atoms with van der Waals surface area (Å²) < 4.78 is 0. The van der Waals surface area contributed by atoms with Gasteiger partial charge in [0.1, 0.15) is 0 Å². The van der Waals surface area contributed by atoms with Crippen molar-refractivity contribution in [3.8, 4) is 0 Å². The number of carboxylic acids is 1. The molecule has 32 heavy (non-hydrogen) atoms. The smallest absolute Gasteiger partial charge is 0.303 e. The molecule has 0 saturated carbocycles. The van der Waals surface area contributed by atoms with Gasteiger partial charge in [-0.15, -0.1) is 0 Å². The molecule has 7 nitrogen and oxygen atoms in total. The van der Waals surface area contributed by atoms with Gasteiger partial charge in [-0.25, -0.2) is 4.98 Å². The van der Waals surface area contributed by atoms with E-state index in [1.54, 1.807) is 12.1 Å². The zero-order valence-electron chi connectivity index (χ0n) is 17.3. The van der Waals surface area contributed by atoms with Crippen LogP contribution in [-0.4, -0.2) is 27.1 Å². The van der Waals surface area contributed by atoms with E-state index in [9.17, 15) is 14.7 Å². The van der Waals surface area contributed by atoms with Gasteiger partial charge in [0, 0.05) is 35.0 Å². The van der Waals surface area contributed by atoms with Crippen LogP contribution < -0.4 is 10.6 Å². The van der Waals surface area contributed by atoms with Crippen molar-refractivity contribution in [2.75, 3.05) is 10.6 Å². The molecule has 1 heterocycles. The average Bonchev–Trinajstić information content (AvgIpc) is 2.78. The third kappa shape index (κ3) is 4.84. The molecule has 162 valence electrons. The summed E-state index contributed by atoms with van der Waals surface area (Å²) in [5.41, 5.74) is 4.48. The van der Waals surface area contributed by atoms with Gasteiger partial charge in [-0.05, 0) is 42.3 Å². The number of aromatic nitrogens is 1. The molecule has 0 aliphatic carbocycles. The summed E-state index contributed by atoms with van der Waals surface area (Å²) in [6.45, 7) is -0.185. The van der Waals surface area contributed by atoms with Crippen LogP contribution in [0.15, 0.2) is 66.7 Å². The summed E-state index contributed by atoms with van der Waals surface area (Å²) in [5, 5.41) is 26.6. The second-order valence-electron chi connectivity index (χ2n) is 7.52. The first-order chi connectivity index (χ1) is 15.5. The summed E-state index contributed by atoms with van der Waals surface area (Å²) in [5.74, 6) is -1.20. The highest BCUT2D eigenvalue weighted by Gasteiger charge is 2.11. The second-order valence-corrected chi connectivity index (χ2v) is 7.52. The van der Waals surface area contributed by atoms with Crippen LogP contribution in [-0.2, 0) is 16.2 Å². The van der Waals surface area contributed by atoms with E-state index < -0.39 is 5.97 Å². The minimum atomic E-state index is -0.927. The molecule has 0 radical (unpaired) electrons. The lowest BCUT2D eigenvalue weighted by Crippen LogP contribution is -2.12. The fourth-order valence-electron chi connectivity index (χ4n) is 3.67. The first-order valence-electron chi connectivity index (χ1n) is 10.3. The highest BCUT2D eigenvalue weighted by Crippen LogP contribution is 2.34. The Morgan fingerprint density at radius 3 is 2.09 bits per heavy atom. The molecule has 0 fully saturated rings. The number of aliphatic carboxylic acids is 1. The third-order valence-electron chi connectivity index (χ3n) is 5.11. The van der Waals surface area contributed by atoms with Gasteiger partial charge in [0.05, 0.1) is 23.3 Å². The summed E-state index contributed by atoms with van der Waals surface area (Å²) in [4.78, 5) is 27.6. The zero-order chi connectivity index (χ0) is 22.5. The molecule has 0 spiro atoms. The van der Waals surface area contributed by atoms with Gasteiger partial charge in [0.25, 0.3) is 0 Å². The molecule has 7 heteroatoms. The van der Waals surface area contributed by atoms with Gasteiger partial charge in [0.15, 0.2) is 0 Å². The third-order valence-corrected chi connectivity index (χ3v) is 5.11. The van der Waals surface area contributed by atoms with Crippen LogP contribution in [0.3, 0.4) is 0 Å². The number of amides is 1. The summed E-state index contributed by atoms with van der Waals surface area (Å²) >= 11 is 0. The number of pyridine rings is 1. The molecule has 1 amide bonds. The van der Waals surface area contributed by atoms with Crippen LogP contribution in [0, 0.1) is 0 Å². The fraction of sp³-hybridized carbons (Fsp3) is 0.160. The highest BCUT2D eigenvalue weighted by molar-refractivity contribution is 6.08. The number of para-hydroxylation sites is 2. The zero-order valence-corrected chi connectivity index (χ0v) is 17.3. The Morgan fingerprint density at radius 1 is 0.844 bits per heavy atom. The Hall–Kier alpha value is -3.97. The molecule has 4 N–H and O–H groups in total. The minimum absolute atomic E-state index is 0.0565. The van der Waals surface area contributed by atoms with Crippen molar-refractivity contribution in [2.45, 2.75) is 25.9 Å². The number of carbonyl (C=O) groups is 2. The largest absolute Gasteiger partial charge is 0.481 e. The maximum Gasteiger partial charge on any atom is 0.303 e. The van der Waals surface area contributed by atoms with Crippen LogP contribution in [0.2, 0.25) is 0 Å². The lowest BCUT2D eigenvalue weighted by molar-refractivity contribution is -0.137. The van der Waals surface area contributed by atoms with Gasteiger partial charge in [0.2, 0.25) is 5.91 Å². The summed E-state index contributed by atoms with van der Waals surface area (Å²) in [6, 6.07) is 21.0. The summed E-state index contributed by atoms with van der Waals surface area (Å²) in [7, 11) is 0. The topological polar surface area (TPSA) is 112 Å². The monoisotopic (exact) mass is 429 g/mol. The van der Waals surface area contributed by atoms with Crippen molar-refractivity contribution in [3.05, 3.63) is 72.3 Å². The van der Waals surface area contributed by atoms with E-state index in [1.165, 1.54) is 0 Å². The van der Waals surface area contributed by atoms with E-state index in [0.717, 1.165) is 27.5 Å². The molecule has 0 saturated heterocycles. The van der Waals surface area contributed by atoms with Gasteiger partial charge in [-0.3, -0.25) is 9.59 Å². The van der Waals surface area contributed by atoms with Crippen molar-refractivity contribution in [2.24, 2.45) is 0 Å². The van der Waals surface area contributed by atoms with E-state index in [1.807, 2.05) is 54.6 Å². The van der Waals surface area contributed by atoms with Gasteiger partial charge in [-0.2, -0.15) is 0 Å². The number of carbonyl (C=O) groups excluding carboxylic acids is 1. The molecular weight excluding hydrogens is 406 g/mol. The summed E-state index contributed by atoms with van der Waals surface area (Å²) in [6.07, 6.45) is 0.318. The molecule has 3 aromatic carbocycles. The number of anilines is 3. The lowest BCUT2D eigenvalue weighted by atomic mass is 10.1. The standard InChI is InChI=1S/C25H23N3O4/c29-15-16-12-17(26-23(30)10-5-11-24(31)32)14-18(13-16)27-25-19-6-1-3-8-21(19)28-22-9-4-2-7-20(22)25/h1-4,6-9,12-14,29H,5,10-11,15H2,(H,26,30)(H,27,28)(H,31,32). The van der Waals surface area contributed by atoms with E-state index in [-0.39, 0.29) is 31.8 Å². The number of hydrogen-bond donors (Lipinski definition) is 4. The highest BCUT2D eigenvalue weighted by atomic mass is 16.4. The molecule has 0 atom stereocenters. The lowest BCUT2D eigenvalue weighted by Gasteiger charge is -2.15. The molecular formula is C25H23N3O4. The Morgan fingerprint density at radius 2 is 1.47 bits per heavy atom. The van der Waals surface area contributed by atoms with E-state index in [0.29, 0.717) is 16.9 Å². The first-order valence-corrected chi connectivity index (χ1v) is 10.3. The molecule has 0 bridgehead atoms. The minimum Gasteiger partial charge on any atom is -0.481 e. The number of aliphatic hydroxyl groups excluding tert-OH is 1. The number of nitrogens with one attached hydrogen (secondary N) is 2. The van der Waals surface area contributed by atoms with Crippen molar-refractivity contribution in [1.82, 2.24) is 4.98 Å². The number of hydrogen-bond acceptors (Lipinski definition) is 5. The van der Waals surface area contributed by atoms with Crippen molar-refractivity contribution >= 4 is 50.7 Å². The average molecular weight is 429 g/mol. The number of benzene rings is 3. The Kier molecular flexibility index (Phi) is 6.28. The Labute approximate surface area is 184 Å². The predicted octanol–water partition coefficient (Wildman–Crippen LogP) is 4.82. The van der Waals surface area contributed by atoms with Crippen LogP contribution in [0.25, 0.3) is 21.8 Å². The normalized spacial score (nSPS) is 10.9. The Balaban J connectivity index is 1.67.